The Kier molecular flexibility index (Phi) is 7.31. The summed E-state index contributed by atoms with van der Waals surface area (Å²) in [5.74, 6) is -2.49. The first-order valence-corrected chi connectivity index (χ1v) is 14.9. The van der Waals surface area contributed by atoms with Crippen molar-refractivity contribution in [3.8, 4) is 0 Å². The molecule has 8 nitrogen and oxygen atoms in total. The lowest BCUT2D eigenvalue weighted by atomic mass is 9.73. The number of aliphatic hydroxyl groups excluding tert-OH is 1. The highest BCUT2D eigenvalue weighted by molar-refractivity contribution is 6.00. The molecule has 8 heteroatoms. The summed E-state index contributed by atoms with van der Waals surface area (Å²) in [5.41, 5.74) is -0.696. The van der Waals surface area contributed by atoms with E-state index in [4.69, 9.17) is 4.74 Å². The topological polar surface area (TPSA) is 90.4 Å². The zero-order valence-corrected chi connectivity index (χ0v) is 24.4. The van der Waals surface area contributed by atoms with Gasteiger partial charge in [0.25, 0.3) is 0 Å². The first-order chi connectivity index (χ1) is 20.3. The molecule has 0 bridgehead atoms. The molecule has 4 aliphatic heterocycles. The van der Waals surface area contributed by atoms with Crippen molar-refractivity contribution in [3.63, 3.8) is 0 Å². The van der Waals surface area contributed by atoms with E-state index in [0.29, 0.717) is 26.1 Å². The summed E-state index contributed by atoms with van der Waals surface area (Å²) in [4.78, 5) is 48.9. The van der Waals surface area contributed by atoms with Crippen LogP contribution < -0.4 is 0 Å². The second kappa shape index (κ2) is 10.8. The van der Waals surface area contributed by atoms with Crippen LogP contribution in [0.15, 0.2) is 85.0 Å². The molecule has 2 fully saturated rings. The maximum atomic E-state index is 14.8. The van der Waals surface area contributed by atoms with Gasteiger partial charge in [-0.15, -0.1) is 0 Å². The maximum absolute atomic E-state index is 14.8. The molecule has 1 spiro atoms. The lowest BCUT2D eigenvalue weighted by Crippen LogP contribution is -2.58. The number of rotatable bonds is 7. The summed E-state index contributed by atoms with van der Waals surface area (Å²) in [5, 5.41) is 10.7. The molecule has 2 saturated heterocycles. The van der Waals surface area contributed by atoms with E-state index in [-0.39, 0.29) is 30.4 Å². The van der Waals surface area contributed by atoms with Crippen molar-refractivity contribution in [1.82, 2.24) is 14.7 Å². The largest absolute Gasteiger partial charge is 0.394 e. The lowest BCUT2D eigenvalue weighted by Gasteiger charge is -2.41. The molecule has 1 unspecified atom stereocenters. The molecule has 0 aromatic heterocycles. The van der Waals surface area contributed by atoms with Gasteiger partial charge in [-0.2, -0.15) is 0 Å². The third kappa shape index (κ3) is 4.23. The van der Waals surface area contributed by atoms with Gasteiger partial charge in [-0.3, -0.25) is 14.4 Å². The van der Waals surface area contributed by atoms with E-state index in [2.05, 4.69) is 0 Å². The standard InChI is InChI=1S/C34H39N3O5/c1-4-33-17-11-19-35(21-24-13-7-5-8-14-24)30(39)27(33)28-31(40)37(26(22-38)25-15-9-6-10-16-25)29-32(41)36(23(2)3)20-12-18-34(28,29)42-33/h5-18,23,26-29,38H,4,19-22H2,1-3H3/t26-,27-,28+,29?,33+,34+/m1/s1. The fourth-order valence-corrected chi connectivity index (χ4v) is 7.54. The Bertz CT molecular complexity index is 1410. The Morgan fingerprint density at radius 2 is 1.55 bits per heavy atom. The van der Waals surface area contributed by atoms with Crippen molar-refractivity contribution in [2.45, 2.75) is 63.1 Å². The Balaban J connectivity index is 1.50. The van der Waals surface area contributed by atoms with Gasteiger partial charge in [-0.1, -0.05) is 91.9 Å². The number of fused-ring (bicyclic) bond motifs is 2. The number of amides is 3. The third-order valence-electron chi connectivity index (χ3n) is 9.52. The fraction of sp³-hybridized carbons (Fsp3) is 0.441. The smallest absolute Gasteiger partial charge is 0.249 e. The number of likely N-dealkylation sites (tertiary alicyclic amines) is 1. The quantitative estimate of drug-likeness (QED) is 0.516. The molecule has 220 valence electrons. The highest BCUT2D eigenvalue weighted by Gasteiger charge is 2.76. The fourth-order valence-electron chi connectivity index (χ4n) is 7.54. The van der Waals surface area contributed by atoms with E-state index in [1.165, 1.54) is 4.90 Å². The molecule has 2 aromatic carbocycles. The molecule has 4 aliphatic rings. The zero-order valence-electron chi connectivity index (χ0n) is 24.4. The summed E-state index contributed by atoms with van der Waals surface area (Å²) < 4.78 is 7.06. The van der Waals surface area contributed by atoms with Crippen LogP contribution >= 0.6 is 0 Å². The molecule has 1 N–H and O–H groups in total. The number of carbonyl (C=O) groups excluding carboxylic acids is 3. The van der Waals surface area contributed by atoms with Crippen molar-refractivity contribution in [2.24, 2.45) is 11.8 Å². The van der Waals surface area contributed by atoms with Crippen molar-refractivity contribution in [2.75, 3.05) is 19.7 Å². The van der Waals surface area contributed by atoms with Crippen LogP contribution in [0.1, 0.15) is 44.4 Å². The van der Waals surface area contributed by atoms with E-state index in [1.807, 2.05) is 106 Å². The number of ether oxygens (including phenoxy) is 1. The van der Waals surface area contributed by atoms with E-state index in [1.54, 1.807) is 9.80 Å². The average molecular weight is 570 g/mol. The second-order valence-electron chi connectivity index (χ2n) is 12.1. The van der Waals surface area contributed by atoms with Gasteiger partial charge in [0.1, 0.15) is 11.6 Å². The number of nitrogens with zero attached hydrogens (tertiary/aromatic N) is 3. The maximum Gasteiger partial charge on any atom is 0.249 e. The molecule has 3 amide bonds. The van der Waals surface area contributed by atoms with Gasteiger partial charge >= 0.3 is 0 Å². The van der Waals surface area contributed by atoms with Crippen LogP contribution in [0, 0.1) is 11.8 Å². The first-order valence-electron chi connectivity index (χ1n) is 14.9. The Labute approximate surface area is 247 Å². The van der Waals surface area contributed by atoms with E-state index in [9.17, 15) is 19.5 Å². The lowest BCUT2D eigenvalue weighted by molar-refractivity contribution is -0.158. The van der Waals surface area contributed by atoms with Gasteiger partial charge in [-0.25, -0.2) is 0 Å². The summed E-state index contributed by atoms with van der Waals surface area (Å²) in [7, 11) is 0. The van der Waals surface area contributed by atoms with E-state index < -0.39 is 35.1 Å². The Hall–Kier alpha value is -3.75. The van der Waals surface area contributed by atoms with Gasteiger partial charge in [0.2, 0.25) is 17.7 Å². The van der Waals surface area contributed by atoms with Crippen LogP contribution in [-0.2, 0) is 25.7 Å². The van der Waals surface area contributed by atoms with Crippen molar-refractivity contribution >= 4 is 17.7 Å². The van der Waals surface area contributed by atoms with Crippen LogP contribution in [0.2, 0.25) is 0 Å². The average Bonchev–Trinajstić information content (AvgIpc) is 3.29. The van der Waals surface area contributed by atoms with Crippen molar-refractivity contribution in [1.29, 1.82) is 0 Å². The molecule has 6 atom stereocenters. The number of hydrogen-bond acceptors (Lipinski definition) is 5. The van der Waals surface area contributed by atoms with Gasteiger partial charge in [0, 0.05) is 25.7 Å². The van der Waals surface area contributed by atoms with Crippen LogP contribution in [0.3, 0.4) is 0 Å². The van der Waals surface area contributed by atoms with Crippen LogP contribution in [0.5, 0.6) is 0 Å². The van der Waals surface area contributed by atoms with Crippen LogP contribution in [-0.4, -0.2) is 80.5 Å². The first kappa shape index (κ1) is 28.4. The van der Waals surface area contributed by atoms with Crippen LogP contribution in [0.25, 0.3) is 0 Å². The summed E-state index contributed by atoms with van der Waals surface area (Å²) in [6.07, 6.45) is 8.15. The molecule has 2 aromatic rings. The van der Waals surface area contributed by atoms with Gasteiger partial charge in [0.05, 0.1) is 30.1 Å². The highest BCUT2D eigenvalue weighted by Crippen LogP contribution is 2.59. The summed E-state index contributed by atoms with van der Waals surface area (Å²) in [6, 6.07) is 17.2. The van der Waals surface area contributed by atoms with Crippen LogP contribution in [0.4, 0.5) is 0 Å². The third-order valence-corrected chi connectivity index (χ3v) is 9.52. The minimum Gasteiger partial charge on any atom is -0.394 e. The predicted molar refractivity (Wildman–Crippen MR) is 158 cm³/mol. The molecular weight excluding hydrogens is 530 g/mol. The Morgan fingerprint density at radius 1 is 0.881 bits per heavy atom. The normalized spacial score (nSPS) is 31.2. The molecule has 0 aliphatic carbocycles. The predicted octanol–water partition coefficient (Wildman–Crippen LogP) is 3.49. The Morgan fingerprint density at radius 3 is 2.19 bits per heavy atom. The minimum absolute atomic E-state index is 0.118. The van der Waals surface area contributed by atoms with E-state index >= 15 is 0 Å². The molecule has 4 heterocycles. The second-order valence-corrected chi connectivity index (χ2v) is 12.1. The number of carbonyl (C=O) groups is 3. The van der Waals surface area contributed by atoms with E-state index in [0.717, 1.165) is 11.1 Å². The van der Waals surface area contributed by atoms with Gasteiger partial charge < -0.3 is 24.5 Å². The summed E-state index contributed by atoms with van der Waals surface area (Å²) >= 11 is 0. The molecule has 6 rings (SSSR count). The zero-order chi connectivity index (χ0) is 29.6. The highest BCUT2D eigenvalue weighted by atomic mass is 16.5. The molecular formula is C34H39N3O5. The van der Waals surface area contributed by atoms with Crippen molar-refractivity contribution < 1.29 is 24.2 Å². The molecule has 0 saturated carbocycles. The number of benzene rings is 2. The summed E-state index contributed by atoms with van der Waals surface area (Å²) in [6.45, 7) is 6.67. The van der Waals surface area contributed by atoms with Gasteiger partial charge in [-0.05, 0) is 31.4 Å². The molecule has 0 radical (unpaired) electrons. The number of hydrogen-bond donors (Lipinski definition) is 1. The SMILES string of the molecule is CC[C@]12C=CCN(Cc3ccccc3)C(=O)[C@H]1[C@H]1C(=O)N([C@H](CO)c3ccccc3)C3C(=O)N(C(C)C)CC=C[C@@]31O2. The monoisotopic (exact) mass is 569 g/mol. The minimum atomic E-state index is -1.36. The van der Waals surface area contributed by atoms with Gasteiger partial charge in [0.15, 0.2) is 0 Å². The number of aliphatic hydroxyl groups is 1. The van der Waals surface area contributed by atoms with Crippen molar-refractivity contribution in [3.05, 3.63) is 96.1 Å². The molecule has 42 heavy (non-hydrogen) atoms.